The van der Waals surface area contributed by atoms with Gasteiger partial charge in [-0.2, -0.15) is 0 Å². The zero-order valence-electron chi connectivity index (χ0n) is 9.03. The van der Waals surface area contributed by atoms with E-state index in [1.165, 1.54) is 6.33 Å². The molecular formula is C7H12N4O4S2. The van der Waals surface area contributed by atoms with Crippen molar-refractivity contribution in [3.05, 3.63) is 6.33 Å². The molecule has 17 heavy (non-hydrogen) atoms. The molecule has 0 radical (unpaired) electrons. The Morgan fingerprint density at radius 3 is 2.94 bits per heavy atom. The van der Waals surface area contributed by atoms with Crippen molar-refractivity contribution in [3.8, 4) is 0 Å². The number of nitrogens with one attached hydrogen (secondary N) is 1. The molecule has 0 amide bonds. The van der Waals surface area contributed by atoms with E-state index in [1.54, 1.807) is 4.57 Å². The van der Waals surface area contributed by atoms with E-state index in [2.05, 4.69) is 14.9 Å². The van der Waals surface area contributed by atoms with E-state index in [0.29, 0.717) is 11.7 Å². The first-order valence-corrected chi connectivity index (χ1v) is 7.43. The summed E-state index contributed by atoms with van der Waals surface area (Å²) in [7, 11) is -3.22. The van der Waals surface area contributed by atoms with Crippen molar-refractivity contribution in [1.29, 1.82) is 0 Å². The number of hydrogen-bond acceptors (Lipinski definition) is 6. The van der Waals surface area contributed by atoms with Gasteiger partial charge in [-0.25, -0.2) is 13.1 Å². The number of thioether (sulfide) groups is 1. The van der Waals surface area contributed by atoms with Gasteiger partial charge in [0.05, 0.1) is 12.0 Å². The van der Waals surface area contributed by atoms with Gasteiger partial charge in [0.25, 0.3) is 0 Å². The largest absolute Gasteiger partial charge is 0.481 e. The minimum absolute atomic E-state index is 0.113. The Morgan fingerprint density at radius 2 is 2.35 bits per heavy atom. The zero-order valence-corrected chi connectivity index (χ0v) is 10.7. The van der Waals surface area contributed by atoms with Gasteiger partial charge in [0.2, 0.25) is 10.0 Å². The number of hydrogen-bond donors (Lipinski definition) is 2. The molecule has 2 N–H and O–H groups in total. The van der Waals surface area contributed by atoms with Crippen LogP contribution in [0.3, 0.4) is 0 Å². The molecule has 8 nitrogen and oxygen atoms in total. The number of nitrogens with zero attached hydrogens (tertiary/aromatic N) is 3. The second-order valence-electron chi connectivity index (χ2n) is 3.16. The summed E-state index contributed by atoms with van der Waals surface area (Å²) in [5.41, 5.74) is 0. The Balaban J connectivity index is 2.48. The van der Waals surface area contributed by atoms with Crippen molar-refractivity contribution in [3.63, 3.8) is 0 Å². The van der Waals surface area contributed by atoms with Gasteiger partial charge in [-0.15, -0.1) is 10.2 Å². The lowest BCUT2D eigenvalue weighted by atomic mass is 10.6. The van der Waals surface area contributed by atoms with E-state index in [4.69, 9.17) is 5.11 Å². The van der Waals surface area contributed by atoms with Crippen molar-refractivity contribution < 1.29 is 18.3 Å². The molecule has 0 saturated carbocycles. The van der Waals surface area contributed by atoms with Crippen LogP contribution in [0.15, 0.2) is 11.5 Å². The molecule has 0 aliphatic carbocycles. The molecule has 0 aliphatic heterocycles. The second kappa shape index (κ2) is 5.98. The third-order valence-corrected chi connectivity index (χ3v) is 3.32. The molecule has 0 spiro atoms. The van der Waals surface area contributed by atoms with Crippen LogP contribution in [0.2, 0.25) is 0 Å². The highest BCUT2D eigenvalue weighted by Crippen LogP contribution is 2.13. The van der Waals surface area contributed by atoms with Crippen LogP contribution in [-0.4, -0.2) is 52.8 Å². The summed E-state index contributed by atoms with van der Waals surface area (Å²) in [5, 5.41) is 16.3. The Morgan fingerprint density at radius 1 is 1.65 bits per heavy atom. The Kier molecular flexibility index (Phi) is 4.90. The van der Waals surface area contributed by atoms with Crippen LogP contribution in [0.5, 0.6) is 0 Å². The lowest BCUT2D eigenvalue weighted by molar-refractivity contribution is -0.133. The molecule has 10 heteroatoms. The standard InChI is InChI=1S/C7H12N4O4S2/c1-17(14,15)9-2-3-11-5-8-10-7(11)16-4-6(12)13/h5,9H,2-4H2,1H3,(H,12,13). The van der Waals surface area contributed by atoms with E-state index in [9.17, 15) is 13.2 Å². The smallest absolute Gasteiger partial charge is 0.313 e. The molecule has 0 fully saturated rings. The summed E-state index contributed by atoms with van der Waals surface area (Å²) in [6, 6.07) is 0. The normalized spacial score (nSPS) is 11.6. The summed E-state index contributed by atoms with van der Waals surface area (Å²) >= 11 is 1.03. The Bertz CT molecular complexity index is 484. The van der Waals surface area contributed by atoms with Gasteiger partial charge in [-0.1, -0.05) is 11.8 Å². The predicted octanol–water partition coefficient (Wildman–Crippen LogP) is -0.996. The predicted molar refractivity (Wildman–Crippen MR) is 61.2 cm³/mol. The van der Waals surface area contributed by atoms with Gasteiger partial charge in [0.15, 0.2) is 5.16 Å². The van der Waals surface area contributed by atoms with Gasteiger partial charge in [0.1, 0.15) is 6.33 Å². The maximum atomic E-state index is 10.8. The minimum atomic E-state index is -3.22. The van der Waals surface area contributed by atoms with Crippen molar-refractivity contribution >= 4 is 27.8 Å². The average molecular weight is 280 g/mol. The molecule has 0 aliphatic rings. The lowest BCUT2D eigenvalue weighted by Crippen LogP contribution is -2.26. The molecule has 1 heterocycles. The van der Waals surface area contributed by atoms with E-state index >= 15 is 0 Å². The van der Waals surface area contributed by atoms with Crippen molar-refractivity contribution in [2.45, 2.75) is 11.7 Å². The first kappa shape index (κ1) is 13.9. The third-order valence-electron chi connectivity index (χ3n) is 1.62. The zero-order chi connectivity index (χ0) is 12.9. The van der Waals surface area contributed by atoms with E-state index in [1.807, 2.05) is 0 Å². The molecule has 0 saturated heterocycles. The lowest BCUT2D eigenvalue weighted by Gasteiger charge is -2.05. The fourth-order valence-electron chi connectivity index (χ4n) is 0.987. The van der Waals surface area contributed by atoms with E-state index in [-0.39, 0.29) is 12.3 Å². The first-order valence-electron chi connectivity index (χ1n) is 4.55. The average Bonchev–Trinajstić information content (AvgIpc) is 2.60. The monoisotopic (exact) mass is 280 g/mol. The van der Waals surface area contributed by atoms with Crippen LogP contribution < -0.4 is 4.72 Å². The maximum absolute atomic E-state index is 10.8. The number of carboxylic acids is 1. The van der Waals surface area contributed by atoms with Crippen LogP contribution in [0.1, 0.15) is 0 Å². The van der Waals surface area contributed by atoms with Crippen LogP contribution in [0.4, 0.5) is 0 Å². The number of aliphatic carboxylic acids is 1. The Hall–Kier alpha value is -1.13. The molecule has 1 aromatic rings. The highest BCUT2D eigenvalue weighted by molar-refractivity contribution is 7.99. The highest BCUT2D eigenvalue weighted by Gasteiger charge is 2.08. The second-order valence-corrected chi connectivity index (χ2v) is 5.93. The summed E-state index contributed by atoms with van der Waals surface area (Å²) in [5.74, 6) is -1.06. The minimum Gasteiger partial charge on any atom is -0.481 e. The topological polar surface area (TPSA) is 114 Å². The number of carbonyl (C=O) groups is 1. The third kappa shape index (κ3) is 5.65. The van der Waals surface area contributed by atoms with Gasteiger partial charge >= 0.3 is 5.97 Å². The van der Waals surface area contributed by atoms with E-state index < -0.39 is 16.0 Å². The van der Waals surface area contributed by atoms with Crippen LogP contribution in [0.25, 0.3) is 0 Å². The fourth-order valence-corrected chi connectivity index (χ4v) is 2.11. The maximum Gasteiger partial charge on any atom is 0.313 e. The number of sulfonamides is 1. The van der Waals surface area contributed by atoms with Crippen molar-refractivity contribution in [2.24, 2.45) is 0 Å². The number of aromatic nitrogens is 3. The van der Waals surface area contributed by atoms with Crippen molar-refractivity contribution in [2.75, 3.05) is 18.6 Å². The summed E-state index contributed by atoms with van der Waals surface area (Å²) < 4.78 is 25.6. The van der Waals surface area contributed by atoms with Gasteiger partial charge in [-0.05, 0) is 0 Å². The molecule has 1 aromatic heterocycles. The van der Waals surface area contributed by atoms with Gasteiger partial charge in [-0.3, -0.25) is 4.79 Å². The molecule has 0 bridgehead atoms. The molecule has 0 unspecified atom stereocenters. The Labute approximate surface area is 102 Å². The van der Waals surface area contributed by atoms with Gasteiger partial charge < -0.3 is 9.67 Å². The molecular weight excluding hydrogens is 268 g/mol. The fraction of sp³-hybridized carbons (Fsp3) is 0.571. The van der Waals surface area contributed by atoms with Crippen LogP contribution >= 0.6 is 11.8 Å². The number of rotatable bonds is 7. The SMILES string of the molecule is CS(=O)(=O)NCCn1cnnc1SCC(=O)O. The number of carboxylic acid groups (broad SMARTS) is 1. The molecule has 0 aromatic carbocycles. The summed E-state index contributed by atoms with van der Waals surface area (Å²) in [6.45, 7) is 0.555. The quantitative estimate of drug-likeness (QED) is 0.616. The van der Waals surface area contributed by atoms with Crippen LogP contribution in [-0.2, 0) is 21.4 Å². The summed E-state index contributed by atoms with van der Waals surface area (Å²) in [4.78, 5) is 10.4. The van der Waals surface area contributed by atoms with Crippen LogP contribution in [0, 0.1) is 0 Å². The van der Waals surface area contributed by atoms with Gasteiger partial charge in [0, 0.05) is 13.1 Å². The first-order chi connectivity index (χ1) is 7.88. The van der Waals surface area contributed by atoms with Crippen molar-refractivity contribution in [1.82, 2.24) is 19.5 Å². The molecule has 0 atom stereocenters. The molecule has 96 valence electrons. The molecule has 1 rings (SSSR count). The summed E-state index contributed by atoms with van der Waals surface area (Å²) in [6.07, 6.45) is 2.49. The highest BCUT2D eigenvalue weighted by atomic mass is 32.2. The van der Waals surface area contributed by atoms with E-state index in [0.717, 1.165) is 18.0 Å².